The molecule has 0 spiro atoms. The van der Waals surface area contributed by atoms with Crippen LogP contribution in [-0.2, 0) is 0 Å². The predicted molar refractivity (Wildman–Crippen MR) is 68.2 cm³/mol. The van der Waals surface area contributed by atoms with Crippen LogP contribution in [0.25, 0.3) is 0 Å². The van der Waals surface area contributed by atoms with Crippen molar-refractivity contribution in [3.63, 3.8) is 0 Å². The third kappa shape index (κ3) is 4.43. The molecule has 0 bridgehead atoms. The predicted octanol–water partition coefficient (Wildman–Crippen LogP) is 1.54. The molecule has 0 aromatic heterocycles. The summed E-state index contributed by atoms with van der Waals surface area (Å²) in [7, 11) is 0. The van der Waals surface area contributed by atoms with Crippen molar-refractivity contribution in [2.75, 3.05) is 25.4 Å². The van der Waals surface area contributed by atoms with Crippen LogP contribution in [0.15, 0.2) is 24.3 Å². The summed E-state index contributed by atoms with van der Waals surface area (Å²) in [4.78, 5) is 2.06. The number of nitriles is 1. The van der Waals surface area contributed by atoms with E-state index in [9.17, 15) is 5.11 Å². The van der Waals surface area contributed by atoms with Gasteiger partial charge in [0.05, 0.1) is 12.2 Å². The van der Waals surface area contributed by atoms with Crippen LogP contribution in [-0.4, -0.2) is 29.6 Å². The van der Waals surface area contributed by atoms with Gasteiger partial charge in [0, 0.05) is 25.2 Å². The van der Waals surface area contributed by atoms with E-state index >= 15 is 0 Å². The van der Waals surface area contributed by atoms with Crippen molar-refractivity contribution in [3.05, 3.63) is 29.8 Å². The highest BCUT2D eigenvalue weighted by atomic mass is 16.3. The fourth-order valence-corrected chi connectivity index (χ4v) is 1.65. The Morgan fingerprint density at radius 3 is 2.59 bits per heavy atom. The second kappa shape index (κ2) is 6.89. The Hall–Kier alpha value is -1.57. The van der Waals surface area contributed by atoms with Crippen LogP contribution in [0.5, 0.6) is 0 Å². The van der Waals surface area contributed by atoms with Crippen molar-refractivity contribution in [1.82, 2.24) is 4.90 Å². The van der Waals surface area contributed by atoms with Gasteiger partial charge in [-0.3, -0.25) is 4.90 Å². The molecule has 1 atom stereocenters. The number of nitrogen functional groups attached to an aromatic ring is 1. The molecule has 0 aliphatic rings. The van der Waals surface area contributed by atoms with Gasteiger partial charge in [-0.15, -0.1) is 0 Å². The molecule has 3 N–H and O–H groups in total. The number of aliphatic hydroxyl groups is 1. The maximum atomic E-state index is 10.0. The van der Waals surface area contributed by atoms with E-state index in [4.69, 9.17) is 11.0 Å². The fourth-order valence-electron chi connectivity index (χ4n) is 1.65. The Kier molecular flexibility index (Phi) is 5.47. The molecule has 0 fully saturated rings. The van der Waals surface area contributed by atoms with Gasteiger partial charge >= 0.3 is 0 Å². The van der Waals surface area contributed by atoms with Crippen molar-refractivity contribution in [2.45, 2.75) is 19.4 Å². The lowest BCUT2D eigenvalue weighted by Gasteiger charge is -2.22. The summed E-state index contributed by atoms with van der Waals surface area (Å²) in [5.41, 5.74) is 7.14. The average Bonchev–Trinajstić information content (AvgIpc) is 2.35. The first-order valence-corrected chi connectivity index (χ1v) is 5.80. The van der Waals surface area contributed by atoms with E-state index in [0.717, 1.165) is 12.1 Å². The van der Waals surface area contributed by atoms with Crippen molar-refractivity contribution >= 4 is 5.69 Å². The zero-order valence-corrected chi connectivity index (χ0v) is 10.1. The van der Waals surface area contributed by atoms with E-state index < -0.39 is 6.10 Å². The van der Waals surface area contributed by atoms with Gasteiger partial charge in [0.1, 0.15) is 0 Å². The molecule has 0 aliphatic carbocycles. The Morgan fingerprint density at radius 1 is 1.41 bits per heavy atom. The van der Waals surface area contributed by atoms with Crippen molar-refractivity contribution < 1.29 is 5.11 Å². The highest BCUT2D eigenvalue weighted by Gasteiger charge is 2.11. The molecule has 17 heavy (non-hydrogen) atoms. The molecule has 0 aliphatic heterocycles. The lowest BCUT2D eigenvalue weighted by Crippen LogP contribution is -2.29. The number of nitrogens with two attached hydrogens (primary N) is 1. The summed E-state index contributed by atoms with van der Waals surface area (Å²) in [6.45, 7) is 4.09. The van der Waals surface area contributed by atoms with E-state index in [1.807, 2.05) is 19.1 Å². The van der Waals surface area contributed by atoms with Gasteiger partial charge in [-0.2, -0.15) is 5.26 Å². The third-order valence-electron chi connectivity index (χ3n) is 2.74. The quantitative estimate of drug-likeness (QED) is 0.731. The van der Waals surface area contributed by atoms with E-state index in [2.05, 4.69) is 11.0 Å². The summed E-state index contributed by atoms with van der Waals surface area (Å²) in [5, 5.41) is 18.6. The second-order valence-corrected chi connectivity index (χ2v) is 3.98. The first kappa shape index (κ1) is 13.5. The highest BCUT2D eigenvalue weighted by Crippen LogP contribution is 2.16. The monoisotopic (exact) mass is 233 g/mol. The van der Waals surface area contributed by atoms with Crippen LogP contribution in [0.3, 0.4) is 0 Å². The van der Waals surface area contributed by atoms with Crippen LogP contribution < -0.4 is 5.73 Å². The summed E-state index contributed by atoms with van der Waals surface area (Å²) in [6, 6.07) is 9.34. The van der Waals surface area contributed by atoms with Crippen molar-refractivity contribution in [2.24, 2.45) is 0 Å². The minimum Gasteiger partial charge on any atom is -0.399 e. The van der Waals surface area contributed by atoms with E-state index in [1.165, 1.54) is 0 Å². The minimum absolute atomic E-state index is 0.488. The number of nitrogens with zero attached hydrogens (tertiary/aromatic N) is 2. The molecule has 0 saturated heterocycles. The zero-order chi connectivity index (χ0) is 12.7. The van der Waals surface area contributed by atoms with Gasteiger partial charge in [-0.1, -0.05) is 19.1 Å². The third-order valence-corrected chi connectivity index (χ3v) is 2.74. The fraction of sp³-hybridized carbons (Fsp3) is 0.462. The Morgan fingerprint density at radius 2 is 2.06 bits per heavy atom. The largest absolute Gasteiger partial charge is 0.399 e. The van der Waals surface area contributed by atoms with Crippen LogP contribution in [0.1, 0.15) is 25.0 Å². The molecule has 1 unspecified atom stereocenters. The number of aliphatic hydroxyl groups excluding tert-OH is 1. The smallest absolute Gasteiger partial charge is 0.0916 e. The van der Waals surface area contributed by atoms with Crippen LogP contribution in [0.4, 0.5) is 5.69 Å². The van der Waals surface area contributed by atoms with Gasteiger partial charge < -0.3 is 10.8 Å². The molecule has 1 aromatic carbocycles. The Balaban J connectivity index is 2.55. The molecule has 4 nitrogen and oxygen atoms in total. The summed E-state index contributed by atoms with van der Waals surface area (Å²) in [5.74, 6) is 0. The summed E-state index contributed by atoms with van der Waals surface area (Å²) < 4.78 is 0. The normalized spacial score (nSPS) is 12.4. The van der Waals surface area contributed by atoms with Crippen molar-refractivity contribution in [3.8, 4) is 6.07 Å². The van der Waals surface area contributed by atoms with Gasteiger partial charge in [-0.25, -0.2) is 0 Å². The van der Waals surface area contributed by atoms with E-state index in [-0.39, 0.29) is 0 Å². The number of hydrogen-bond donors (Lipinski definition) is 2. The second-order valence-electron chi connectivity index (χ2n) is 3.98. The highest BCUT2D eigenvalue weighted by molar-refractivity contribution is 5.39. The molecule has 92 valence electrons. The van der Waals surface area contributed by atoms with Crippen LogP contribution in [0.2, 0.25) is 0 Å². The zero-order valence-electron chi connectivity index (χ0n) is 10.1. The van der Waals surface area contributed by atoms with Gasteiger partial charge in [-0.05, 0) is 24.2 Å². The SMILES string of the molecule is CCN(CCC#N)CC(O)c1ccc(N)cc1. The number of anilines is 1. The number of benzene rings is 1. The molecule has 1 rings (SSSR count). The van der Waals surface area contributed by atoms with Gasteiger partial charge in [0.15, 0.2) is 0 Å². The summed E-state index contributed by atoms with van der Waals surface area (Å²) >= 11 is 0. The van der Waals surface area contributed by atoms with Gasteiger partial charge in [0.25, 0.3) is 0 Å². The molecule has 0 radical (unpaired) electrons. The maximum Gasteiger partial charge on any atom is 0.0916 e. The molecular formula is C13H19N3O. The number of hydrogen-bond acceptors (Lipinski definition) is 4. The first-order chi connectivity index (χ1) is 8.17. The molecule has 0 heterocycles. The molecular weight excluding hydrogens is 214 g/mol. The molecule has 0 saturated carbocycles. The van der Waals surface area contributed by atoms with E-state index in [0.29, 0.717) is 25.2 Å². The minimum atomic E-state index is -0.533. The van der Waals surface area contributed by atoms with Crippen LogP contribution in [0, 0.1) is 11.3 Å². The topological polar surface area (TPSA) is 73.3 Å². The lowest BCUT2D eigenvalue weighted by molar-refractivity contribution is 0.117. The molecule has 4 heteroatoms. The lowest BCUT2D eigenvalue weighted by atomic mass is 10.1. The maximum absolute atomic E-state index is 10.0. The number of rotatable bonds is 6. The van der Waals surface area contributed by atoms with E-state index in [1.54, 1.807) is 12.1 Å². The number of likely N-dealkylation sites (N-methyl/N-ethyl adjacent to an activating group) is 1. The molecule has 1 aromatic rings. The van der Waals surface area contributed by atoms with Crippen molar-refractivity contribution in [1.29, 1.82) is 5.26 Å². The Labute approximate surface area is 102 Å². The Bertz CT molecular complexity index is 369. The standard InChI is InChI=1S/C13H19N3O/c1-2-16(9-3-8-14)10-13(17)11-4-6-12(15)7-5-11/h4-7,13,17H,2-3,9-10,15H2,1H3. The van der Waals surface area contributed by atoms with Crippen LogP contribution >= 0.6 is 0 Å². The van der Waals surface area contributed by atoms with Gasteiger partial charge in [0.2, 0.25) is 0 Å². The average molecular weight is 233 g/mol. The summed E-state index contributed by atoms with van der Waals surface area (Å²) in [6.07, 6.45) is -0.0447. The molecule has 0 amide bonds. The first-order valence-electron chi connectivity index (χ1n) is 5.80.